The molecule has 1 saturated carbocycles. The number of carbonyl (C=O) groups excluding carboxylic acids is 1. The number of carbonyl (C=O) groups is 1. The van der Waals surface area contributed by atoms with Gasteiger partial charge in [0.1, 0.15) is 23.7 Å². The van der Waals surface area contributed by atoms with Crippen LogP contribution in [0.2, 0.25) is 0 Å². The summed E-state index contributed by atoms with van der Waals surface area (Å²) < 4.78 is 20.1. The van der Waals surface area contributed by atoms with E-state index in [4.69, 9.17) is 9.57 Å². The van der Waals surface area contributed by atoms with Crippen molar-refractivity contribution in [3.63, 3.8) is 0 Å². The van der Waals surface area contributed by atoms with Crippen molar-refractivity contribution in [2.45, 2.75) is 76.5 Å². The van der Waals surface area contributed by atoms with Gasteiger partial charge in [0.2, 0.25) is 5.91 Å². The molecule has 50 heavy (non-hydrogen) atoms. The first-order valence-electron chi connectivity index (χ1n) is 18.0. The summed E-state index contributed by atoms with van der Waals surface area (Å²) >= 11 is 0. The first kappa shape index (κ1) is 34.2. The number of hydroxylamine groups is 1. The third kappa shape index (κ3) is 7.42. The van der Waals surface area contributed by atoms with Gasteiger partial charge in [0.25, 0.3) is 0 Å². The standard InChI is InChI=1S/C38H49FN8O3/c1-5-38(48)43-32-20-33(42-36-22-37(41-24-40-36)47-30(13-18-50-47)19-27-7-6-8-31(39)26(27)3)35(49-4)21-34(32)44-14-11-28(12-15-44)45-16-17-46(25(2)23-45)29-9-10-29/h5-8,20-22,24-25,28-30H,1,9-19,23H2,2-4H3,(H,43,48)(H,40,41,42)/t25-,30+/m0/s1. The fourth-order valence-electron chi connectivity index (χ4n) is 7.88. The first-order valence-corrected chi connectivity index (χ1v) is 18.0. The van der Waals surface area contributed by atoms with Crippen LogP contribution in [0.3, 0.4) is 0 Å². The maximum absolute atomic E-state index is 14.3. The predicted octanol–water partition coefficient (Wildman–Crippen LogP) is 5.69. The summed E-state index contributed by atoms with van der Waals surface area (Å²) in [6.45, 7) is 13.6. The Morgan fingerprint density at radius 1 is 1.06 bits per heavy atom. The van der Waals surface area contributed by atoms with E-state index in [1.807, 2.05) is 31.2 Å². The Bertz CT molecular complexity index is 1690. The quantitative estimate of drug-likeness (QED) is 0.245. The fraction of sp³-hybridized carbons (Fsp3) is 0.500. The molecule has 266 valence electrons. The van der Waals surface area contributed by atoms with Crippen molar-refractivity contribution in [2.24, 2.45) is 0 Å². The van der Waals surface area contributed by atoms with Gasteiger partial charge in [-0.2, -0.15) is 0 Å². The molecule has 7 rings (SSSR count). The minimum Gasteiger partial charge on any atom is -0.494 e. The van der Waals surface area contributed by atoms with E-state index in [-0.39, 0.29) is 17.8 Å². The normalized spacial score (nSPS) is 22.1. The Kier molecular flexibility index (Phi) is 10.2. The van der Waals surface area contributed by atoms with E-state index in [0.717, 1.165) is 62.7 Å². The number of amides is 1. The smallest absolute Gasteiger partial charge is 0.247 e. The highest BCUT2D eigenvalue weighted by Gasteiger charge is 2.37. The highest BCUT2D eigenvalue weighted by atomic mass is 19.1. The molecule has 4 aliphatic rings. The largest absolute Gasteiger partial charge is 0.494 e. The molecular formula is C38H49FN8O3. The lowest BCUT2D eigenvalue weighted by molar-refractivity contribution is -0.111. The summed E-state index contributed by atoms with van der Waals surface area (Å²) in [5.74, 6) is 1.27. The van der Waals surface area contributed by atoms with E-state index >= 15 is 0 Å². The van der Waals surface area contributed by atoms with Crippen molar-refractivity contribution >= 4 is 34.6 Å². The number of hydrogen-bond donors (Lipinski definition) is 2. The summed E-state index contributed by atoms with van der Waals surface area (Å²) in [6, 6.07) is 12.9. The predicted molar refractivity (Wildman–Crippen MR) is 195 cm³/mol. The van der Waals surface area contributed by atoms with Crippen molar-refractivity contribution < 1.29 is 18.8 Å². The van der Waals surface area contributed by atoms with Gasteiger partial charge in [-0.25, -0.2) is 19.4 Å². The lowest BCUT2D eigenvalue weighted by atomic mass is 9.99. The second-order valence-electron chi connectivity index (χ2n) is 14.0. The monoisotopic (exact) mass is 684 g/mol. The van der Waals surface area contributed by atoms with Crippen molar-refractivity contribution in [2.75, 3.05) is 67.0 Å². The molecule has 4 heterocycles. The van der Waals surface area contributed by atoms with Crippen LogP contribution in [0.15, 0.2) is 55.4 Å². The number of hydrogen-bond acceptors (Lipinski definition) is 10. The minimum absolute atomic E-state index is 0.00678. The zero-order valence-electron chi connectivity index (χ0n) is 29.4. The summed E-state index contributed by atoms with van der Waals surface area (Å²) in [5, 5.41) is 8.21. The second kappa shape index (κ2) is 14.9. The molecule has 0 spiro atoms. The third-order valence-corrected chi connectivity index (χ3v) is 10.8. The molecule has 12 heteroatoms. The molecule has 2 N–H and O–H groups in total. The lowest BCUT2D eigenvalue weighted by Gasteiger charge is -2.46. The molecule has 11 nitrogen and oxygen atoms in total. The molecule has 2 aromatic carbocycles. The van der Waals surface area contributed by atoms with Crippen molar-refractivity contribution in [1.29, 1.82) is 0 Å². The van der Waals surface area contributed by atoms with Crippen LogP contribution in [0.5, 0.6) is 5.75 Å². The Morgan fingerprint density at radius 3 is 2.62 bits per heavy atom. The van der Waals surface area contributed by atoms with Gasteiger partial charge in [0.05, 0.1) is 36.8 Å². The van der Waals surface area contributed by atoms with Crippen LogP contribution < -0.4 is 25.3 Å². The number of anilines is 5. The van der Waals surface area contributed by atoms with Crippen LogP contribution in [0.1, 0.15) is 50.2 Å². The summed E-state index contributed by atoms with van der Waals surface area (Å²) in [5.41, 5.74) is 3.83. The van der Waals surface area contributed by atoms with E-state index < -0.39 is 0 Å². The minimum atomic E-state index is -0.283. The van der Waals surface area contributed by atoms with Crippen LogP contribution in [0.4, 0.5) is 33.1 Å². The molecular weight excluding hydrogens is 635 g/mol. The van der Waals surface area contributed by atoms with Crippen LogP contribution >= 0.6 is 0 Å². The van der Waals surface area contributed by atoms with Gasteiger partial charge in [0.15, 0.2) is 5.82 Å². The van der Waals surface area contributed by atoms with Gasteiger partial charge in [0, 0.05) is 63.0 Å². The summed E-state index contributed by atoms with van der Waals surface area (Å²) in [4.78, 5) is 35.4. The van der Waals surface area contributed by atoms with Crippen LogP contribution in [0, 0.1) is 12.7 Å². The fourth-order valence-corrected chi connectivity index (χ4v) is 7.88. The van der Waals surface area contributed by atoms with Gasteiger partial charge in [-0.05, 0) is 81.7 Å². The van der Waals surface area contributed by atoms with Crippen molar-refractivity contribution in [3.05, 3.63) is 72.3 Å². The van der Waals surface area contributed by atoms with E-state index in [9.17, 15) is 9.18 Å². The van der Waals surface area contributed by atoms with Gasteiger partial charge < -0.3 is 20.3 Å². The van der Waals surface area contributed by atoms with E-state index in [1.165, 1.54) is 37.9 Å². The highest BCUT2D eigenvalue weighted by molar-refractivity contribution is 6.02. The molecule has 3 saturated heterocycles. The zero-order chi connectivity index (χ0) is 34.8. The molecule has 0 radical (unpaired) electrons. The average Bonchev–Trinajstić information content (AvgIpc) is 3.87. The van der Waals surface area contributed by atoms with Gasteiger partial charge in [-0.15, -0.1) is 0 Å². The number of benzene rings is 2. The average molecular weight is 685 g/mol. The molecule has 2 atom stereocenters. The molecule has 1 amide bonds. The Balaban J connectivity index is 1.07. The SMILES string of the molecule is C=CC(=O)Nc1cc(Nc2cc(N3OCC[C@@H]3Cc3cccc(F)c3C)ncn2)c(OC)cc1N1CCC(N2CCN(C3CC3)[C@@H](C)C2)CC1. The molecule has 3 aliphatic heterocycles. The number of rotatable bonds is 11. The van der Waals surface area contributed by atoms with Crippen molar-refractivity contribution in [3.8, 4) is 5.75 Å². The molecule has 4 fully saturated rings. The number of piperidine rings is 1. The Labute approximate surface area is 294 Å². The second-order valence-corrected chi connectivity index (χ2v) is 14.0. The molecule has 0 bridgehead atoms. The maximum Gasteiger partial charge on any atom is 0.247 e. The number of halogens is 1. The van der Waals surface area contributed by atoms with Crippen LogP contribution in [-0.4, -0.2) is 96.3 Å². The number of methoxy groups -OCH3 is 1. The Morgan fingerprint density at radius 2 is 1.88 bits per heavy atom. The van der Waals surface area contributed by atoms with Gasteiger partial charge in [-0.1, -0.05) is 18.7 Å². The Hall–Kier alpha value is -4.26. The number of ether oxygens (including phenoxy) is 1. The molecule has 3 aromatic rings. The number of nitrogens with one attached hydrogen (secondary N) is 2. The molecule has 1 aromatic heterocycles. The maximum atomic E-state index is 14.3. The van der Waals surface area contributed by atoms with E-state index in [1.54, 1.807) is 18.2 Å². The number of nitrogens with zero attached hydrogens (tertiary/aromatic N) is 6. The zero-order valence-corrected chi connectivity index (χ0v) is 29.4. The molecule has 0 unspecified atom stereocenters. The van der Waals surface area contributed by atoms with E-state index in [2.05, 4.69) is 48.8 Å². The topological polar surface area (TPSA) is 98.3 Å². The number of aromatic nitrogens is 2. The lowest BCUT2D eigenvalue weighted by Crippen LogP contribution is -2.57. The highest BCUT2D eigenvalue weighted by Crippen LogP contribution is 2.40. The van der Waals surface area contributed by atoms with Gasteiger partial charge >= 0.3 is 0 Å². The van der Waals surface area contributed by atoms with E-state index in [0.29, 0.717) is 59.4 Å². The number of piperazine rings is 1. The van der Waals surface area contributed by atoms with Gasteiger partial charge in [-0.3, -0.25) is 19.4 Å². The summed E-state index contributed by atoms with van der Waals surface area (Å²) in [7, 11) is 1.64. The first-order chi connectivity index (χ1) is 24.3. The third-order valence-electron chi connectivity index (χ3n) is 10.8. The van der Waals surface area contributed by atoms with Crippen LogP contribution in [-0.2, 0) is 16.1 Å². The molecule has 1 aliphatic carbocycles. The van der Waals surface area contributed by atoms with Crippen molar-refractivity contribution in [1.82, 2.24) is 19.8 Å². The summed E-state index contributed by atoms with van der Waals surface area (Å²) in [6.07, 6.45) is 9.04. The van der Waals surface area contributed by atoms with Crippen LogP contribution in [0.25, 0.3) is 0 Å².